The molecule has 1 atom stereocenters. The van der Waals surface area contributed by atoms with Gasteiger partial charge in [0.05, 0.1) is 33.1 Å². The number of morpholine rings is 1. The average Bonchev–Trinajstić information content (AvgIpc) is 3.29. The number of hydrogen-bond acceptors (Lipinski definition) is 8. The largest absolute Gasteiger partial charge is 0.493 e. The van der Waals surface area contributed by atoms with Crippen LogP contribution in [0.5, 0.6) is 11.5 Å². The predicted molar refractivity (Wildman–Crippen MR) is 127 cm³/mol. The molecule has 9 heteroatoms. The lowest BCUT2D eigenvalue weighted by atomic mass is 10.1. The van der Waals surface area contributed by atoms with Crippen LogP contribution in [0.15, 0.2) is 48.5 Å². The number of amides is 1. The van der Waals surface area contributed by atoms with Gasteiger partial charge in [0.25, 0.3) is 5.91 Å². The van der Waals surface area contributed by atoms with E-state index in [0.717, 1.165) is 5.56 Å². The maximum atomic E-state index is 13.3. The van der Waals surface area contributed by atoms with Gasteiger partial charge in [0, 0.05) is 24.2 Å². The minimum Gasteiger partial charge on any atom is -0.493 e. The van der Waals surface area contributed by atoms with Crippen LogP contribution in [0.2, 0.25) is 0 Å². The number of thiazole rings is 1. The van der Waals surface area contributed by atoms with Crippen LogP contribution in [-0.4, -0.2) is 62.3 Å². The Balaban J connectivity index is 1.60. The lowest BCUT2D eigenvalue weighted by Gasteiger charge is -2.30. The monoisotopic (exact) mass is 482 g/mol. The van der Waals surface area contributed by atoms with Crippen molar-refractivity contribution < 1.29 is 28.5 Å². The molecule has 8 nitrogen and oxygen atoms in total. The highest BCUT2D eigenvalue weighted by molar-refractivity contribution is 7.17. The molecule has 2 aromatic carbocycles. The van der Waals surface area contributed by atoms with Gasteiger partial charge < -0.3 is 23.8 Å². The van der Waals surface area contributed by atoms with E-state index in [1.54, 1.807) is 50.3 Å². The number of hydrogen-bond donors (Lipinski definition) is 0. The molecule has 0 spiro atoms. The molecule has 0 aliphatic carbocycles. The van der Waals surface area contributed by atoms with E-state index in [4.69, 9.17) is 18.9 Å². The zero-order valence-corrected chi connectivity index (χ0v) is 20.1. The number of aryl methyl sites for hydroxylation is 1. The molecule has 1 fully saturated rings. The molecule has 4 rings (SSSR count). The first-order valence-corrected chi connectivity index (χ1v) is 11.7. The lowest BCUT2D eigenvalue weighted by Crippen LogP contribution is -2.44. The van der Waals surface area contributed by atoms with Crippen molar-refractivity contribution in [3.05, 3.63) is 64.7 Å². The van der Waals surface area contributed by atoms with E-state index >= 15 is 0 Å². The first-order valence-electron chi connectivity index (χ1n) is 10.8. The Bertz CT molecular complexity index is 1160. The first-order chi connectivity index (χ1) is 16.5. The van der Waals surface area contributed by atoms with Gasteiger partial charge in [-0.1, -0.05) is 30.3 Å². The summed E-state index contributed by atoms with van der Waals surface area (Å²) < 4.78 is 21.8. The second kappa shape index (κ2) is 10.7. The van der Waals surface area contributed by atoms with E-state index in [-0.39, 0.29) is 5.91 Å². The van der Waals surface area contributed by atoms with Crippen molar-refractivity contribution in [1.82, 2.24) is 9.88 Å². The number of ether oxygens (including phenoxy) is 4. The predicted octanol–water partition coefficient (Wildman–Crippen LogP) is 3.89. The highest BCUT2D eigenvalue weighted by Gasteiger charge is 2.32. The Labute approximate surface area is 202 Å². The fourth-order valence-corrected chi connectivity index (χ4v) is 4.62. The Morgan fingerprint density at radius 1 is 1.03 bits per heavy atom. The molecule has 0 unspecified atom stereocenters. The molecule has 178 valence electrons. The molecule has 0 radical (unpaired) electrons. The number of carbonyl (C=O) groups excluding carboxylic acids is 2. The SMILES string of the molecule is COc1ccc(-c2nc(C)c(C(=O)O[C@@H](C(=O)N3CCOCC3)c3ccccc3)s2)cc1OC. The highest BCUT2D eigenvalue weighted by Crippen LogP contribution is 2.35. The number of carbonyl (C=O) groups is 2. The Morgan fingerprint density at radius 3 is 2.41 bits per heavy atom. The molecule has 1 amide bonds. The Morgan fingerprint density at radius 2 is 1.74 bits per heavy atom. The van der Waals surface area contributed by atoms with Gasteiger partial charge in [0.1, 0.15) is 9.88 Å². The van der Waals surface area contributed by atoms with Crippen molar-refractivity contribution in [3.8, 4) is 22.1 Å². The molecule has 0 N–H and O–H groups in total. The topological polar surface area (TPSA) is 87.2 Å². The van der Waals surface area contributed by atoms with Gasteiger partial charge in [-0.2, -0.15) is 0 Å². The second-order valence-corrected chi connectivity index (χ2v) is 8.64. The number of benzene rings is 2. The van der Waals surface area contributed by atoms with Crippen molar-refractivity contribution in [2.45, 2.75) is 13.0 Å². The molecule has 1 aliphatic rings. The fourth-order valence-electron chi connectivity index (χ4n) is 3.68. The summed E-state index contributed by atoms with van der Waals surface area (Å²) in [5.74, 6) is 0.325. The molecule has 0 saturated carbocycles. The zero-order valence-electron chi connectivity index (χ0n) is 19.3. The zero-order chi connectivity index (χ0) is 24.1. The summed E-state index contributed by atoms with van der Waals surface area (Å²) in [7, 11) is 3.13. The second-order valence-electron chi connectivity index (χ2n) is 7.64. The maximum Gasteiger partial charge on any atom is 0.351 e. The first kappa shape index (κ1) is 23.7. The number of methoxy groups -OCH3 is 2. The Hall–Kier alpha value is -3.43. The van der Waals surface area contributed by atoms with Crippen molar-refractivity contribution in [2.24, 2.45) is 0 Å². The van der Waals surface area contributed by atoms with E-state index in [2.05, 4.69) is 4.98 Å². The standard InChI is InChI=1S/C25H26N2O6S/c1-16-22(34-23(26-16)18-9-10-19(30-2)20(15-18)31-3)25(29)33-21(17-7-5-4-6-8-17)24(28)27-11-13-32-14-12-27/h4-10,15,21H,11-14H2,1-3H3/t21-/m1/s1. The molecule has 34 heavy (non-hydrogen) atoms. The summed E-state index contributed by atoms with van der Waals surface area (Å²) in [5.41, 5.74) is 1.94. The van der Waals surface area contributed by atoms with Crippen molar-refractivity contribution in [2.75, 3.05) is 40.5 Å². The van der Waals surface area contributed by atoms with Crippen molar-refractivity contribution in [3.63, 3.8) is 0 Å². The third-order valence-corrected chi connectivity index (χ3v) is 6.67. The van der Waals surface area contributed by atoms with Crippen LogP contribution in [-0.2, 0) is 14.3 Å². The van der Waals surface area contributed by atoms with E-state index in [9.17, 15) is 9.59 Å². The molecule has 2 heterocycles. The van der Waals surface area contributed by atoms with Gasteiger partial charge in [-0.3, -0.25) is 4.79 Å². The van der Waals surface area contributed by atoms with Crippen molar-refractivity contribution in [1.29, 1.82) is 0 Å². The molecular weight excluding hydrogens is 456 g/mol. The molecular formula is C25H26N2O6S. The fraction of sp³-hybridized carbons (Fsp3) is 0.320. The third kappa shape index (κ3) is 5.05. The maximum absolute atomic E-state index is 13.3. The lowest BCUT2D eigenvalue weighted by molar-refractivity contribution is -0.145. The minimum atomic E-state index is -1.04. The number of esters is 1. The van der Waals surface area contributed by atoms with Crippen LogP contribution in [0.3, 0.4) is 0 Å². The summed E-state index contributed by atoms with van der Waals surface area (Å²) in [6.07, 6.45) is -1.04. The van der Waals surface area contributed by atoms with Gasteiger partial charge >= 0.3 is 5.97 Å². The smallest absolute Gasteiger partial charge is 0.351 e. The average molecular weight is 483 g/mol. The summed E-state index contributed by atoms with van der Waals surface area (Å²) in [6.45, 7) is 3.60. The summed E-state index contributed by atoms with van der Waals surface area (Å²) in [4.78, 5) is 33.1. The van der Waals surface area contributed by atoms with E-state index in [1.807, 2.05) is 24.3 Å². The number of aromatic nitrogens is 1. The van der Waals surface area contributed by atoms with Crippen LogP contribution in [0, 0.1) is 6.92 Å². The van der Waals surface area contributed by atoms with E-state index in [1.165, 1.54) is 11.3 Å². The molecule has 0 bridgehead atoms. The summed E-state index contributed by atoms with van der Waals surface area (Å²) in [5, 5.41) is 0.640. The van der Waals surface area contributed by atoms with Crippen LogP contribution in [0.4, 0.5) is 0 Å². The highest BCUT2D eigenvalue weighted by atomic mass is 32.1. The van der Waals surface area contributed by atoms with E-state index < -0.39 is 12.1 Å². The Kier molecular flexibility index (Phi) is 7.44. The summed E-state index contributed by atoms with van der Waals surface area (Å²) >= 11 is 1.21. The molecule has 1 aliphatic heterocycles. The van der Waals surface area contributed by atoms with Crippen LogP contribution < -0.4 is 9.47 Å². The molecule has 3 aromatic rings. The number of rotatable bonds is 7. The van der Waals surface area contributed by atoms with Gasteiger partial charge in [0.15, 0.2) is 11.5 Å². The van der Waals surface area contributed by atoms with Gasteiger partial charge in [-0.05, 0) is 25.1 Å². The van der Waals surface area contributed by atoms with Crippen LogP contribution >= 0.6 is 11.3 Å². The molecule has 1 saturated heterocycles. The third-order valence-electron chi connectivity index (χ3n) is 5.49. The van der Waals surface area contributed by atoms with Gasteiger partial charge in [0.2, 0.25) is 6.10 Å². The van der Waals surface area contributed by atoms with E-state index in [0.29, 0.717) is 58.9 Å². The summed E-state index contributed by atoms with van der Waals surface area (Å²) in [6, 6.07) is 14.5. The van der Waals surface area contributed by atoms with Gasteiger partial charge in [-0.15, -0.1) is 11.3 Å². The van der Waals surface area contributed by atoms with Crippen molar-refractivity contribution >= 4 is 23.2 Å². The number of nitrogens with zero attached hydrogens (tertiary/aromatic N) is 2. The van der Waals surface area contributed by atoms with Crippen LogP contribution in [0.1, 0.15) is 27.0 Å². The van der Waals surface area contributed by atoms with Crippen LogP contribution in [0.25, 0.3) is 10.6 Å². The van der Waals surface area contributed by atoms with Gasteiger partial charge in [-0.25, -0.2) is 9.78 Å². The quantitative estimate of drug-likeness (QED) is 0.472. The minimum absolute atomic E-state index is 0.259. The molecule has 1 aromatic heterocycles. The normalized spacial score (nSPS) is 14.4.